The highest BCUT2D eigenvalue weighted by Gasteiger charge is 2.09. The Bertz CT molecular complexity index is 331. The van der Waals surface area contributed by atoms with Crippen LogP contribution in [-0.2, 0) is 6.54 Å². The van der Waals surface area contributed by atoms with Gasteiger partial charge in [0, 0.05) is 6.42 Å². The predicted molar refractivity (Wildman–Crippen MR) is 68.9 cm³/mol. The third-order valence-corrected chi connectivity index (χ3v) is 2.90. The smallest absolute Gasteiger partial charge is 0.197 e. The number of hydrogen-bond donors (Lipinski definition) is 1. The van der Waals surface area contributed by atoms with Gasteiger partial charge in [-0.15, -0.1) is 0 Å². The highest BCUT2D eigenvalue weighted by atomic mass is 16.3. The Kier molecular flexibility index (Phi) is 6.63. The van der Waals surface area contributed by atoms with Crippen LogP contribution in [0.3, 0.4) is 0 Å². The molecule has 0 saturated heterocycles. The number of carbonyl (C=O) groups is 1. The van der Waals surface area contributed by atoms with Crippen molar-refractivity contribution in [3.05, 3.63) is 23.7 Å². The van der Waals surface area contributed by atoms with Crippen molar-refractivity contribution in [3.63, 3.8) is 0 Å². The quantitative estimate of drug-likeness (QED) is 0.526. The molecule has 2 N–H and O–H groups in total. The zero-order valence-corrected chi connectivity index (χ0v) is 10.7. The van der Waals surface area contributed by atoms with Crippen LogP contribution in [0.1, 0.15) is 68.2 Å². The van der Waals surface area contributed by atoms with Gasteiger partial charge in [0.2, 0.25) is 0 Å². The molecule has 1 aromatic rings. The first-order chi connectivity index (χ1) is 8.27. The fourth-order valence-electron chi connectivity index (χ4n) is 1.83. The van der Waals surface area contributed by atoms with Crippen LogP contribution < -0.4 is 5.73 Å². The maximum atomic E-state index is 11.7. The summed E-state index contributed by atoms with van der Waals surface area (Å²) < 4.78 is 5.32. The van der Waals surface area contributed by atoms with Crippen LogP contribution >= 0.6 is 0 Å². The van der Waals surface area contributed by atoms with Crippen LogP contribution in [0.15, 0.2) is 16.5 Å². The third-order valence-electron chi connectivity index (χ3n) is 2.90. The second kappa shape index (κ2) is 8.07. The van der Waals surface area contributed by atoms with E-state index in [1.807, 2.05) is 0 Å². The van der Waals surface area contributed by atoms with Crippen LogP contribution in [0.2, 0.25) is 0 Å². The first-order valence-corrected chi connectivity index (χ1v) is 6.60. The predicted octanol–water partition coefficient (Wildman–Crippen LogP) is 3.67. The number of Topliss-reactive ketones (excluding diaryl/α,β-unsaturated/α-hetero) is 1. The van der Waals surface area contributed by atoms with Gasteiger partial charge < -0.3 is 10.2 Å². The number of furan rings is 1. The standard InChI is InChI=1S/C14H23NO2/c1-2-3-4-5-6-7-8-13(16)14-10-9-12(11-15)17-14/h9-10H,2-8,11,15H2,1H3. The van der Waals surface area contributed by atoms with Crippen molar-refractivity contribution in [2.24, 2.45) is 5.73 Å². The highest BCUT2D eigenvalue weighted by molar-refractivity contribution is 5.93. The Morgan fingerprint density at radius 2 is 1.88 bits per heavy atom. The minimum absolute atomic E-state index is 0.0974. The number of carbonyl (C=O) groups excluding carboxylic acids is 1. The van der Waals surface area contributed by atoms with Crippen LogP contribution in [0.4, 0.5) is 0 Å². The molecule has 0 spiro atoms. The summed E-state index contributed by atoms with van der Waals surface area (Å²) in [5, 5.41) is 0. The number of nitrogens with two attached hydrogens (primary N) is 1. The Balaban J connectivity index is 2.16. The summed E-state index contributed by atoms with van der Waals surface area (Å²) in [6.45, 7) is 2.56. The normalized spacial score (nSPS) is 10.7. The molecule has 0 aliphatic rings. The SMILES string of the molecule is CCCCCCCCC(=O)c1ccc(CN)o1. The summed E-state index contributed by atoms with van der Waals surface area (Å²) in [6.07, 6.45) is 7.75. The van der Waals surface area contributed by atoms with Crippen LogP contribution in [0, 0.1) is 0 Å². The van der Waals surface area contributed by atoms with Crippen molar-refractivity contribution in [2.45, 2.75) is 58.4 Å². The fraction of sp³-hybridized carbons (Fsp3) is 0.643. The molecule has 0 bridgehead atoms. The molecule has 1 aromatic heterocycles. The van der Waals surface area contributed by atoms with E-state index in [4.69, 9.17) is 10.2 Å². The van der Waals surface area contributed by atoms with Gasteiger partial charge in [-0.25, -0.2) is 0 Å². The van der Waals surface area contributed by atoms with Gasteiger partial charge in [0.1, 0.15) is 5.76 Å². The maximum absolute atomic E-state index is 11.7. The van der Waals surface area contributed by atoms with Gasteiger partial charge in [0.25, 0.3) is 0 Å². The average Bonchev–Trinajstić information content (AvgIpc) is 2.82. The van der Waals surface area contributed by atoms with Gasteiger partial charge in [-0.05, 0) is 18.6 Å². The zero-order valence-electron chi connectivity index (χ0n) is 10.7. The minimum atomic E-state index is 0.0974. The largest absolute Gasteiger partial charge is 0.457 e. The molecule has 1 heterocycles. The van der Waals surface area contributed by atoms with E-state index in [9.17, 15) is 4.79 Å². The van der Waals surface area contributed by atoms with Crippen LogP contribution in [0.5, 0.6) is 0 Å². The molecule has 0 aromatic carbocycles. The molecule has 96 valence electrons. The maximum Gasteiger partial charge on any atom is 0.197 e. The fourth-order valence-corrected chi connectivity index (χ4v) is 1.83. The molecule has 0 atom stereocenters. The van der Waals surface area contributed by atoms with E-state index in [-0.39, 0.29) is 5.78 Å². The van der Waals surface area contributed by atoms with E-state index in [1.165, 1.54) is 25.7 Å². The summed E-state index contributed by atoms with van der Waals surface area (Å²) in [7, 11) is 0. The van der Waals surface area contributed by atoms with E-state index >= 15 is 0 Å². The third kappa shape index (κ3) is 5.18. The van der Waals surface area contributed by atoms with Crippen LogP contribution in [0.25, 0.3) is 0 Å². The van der Waals surface area contributed by atoms with Crippen LogP contribution in [-0.4, -0.2) is 5.78 Å². The van der Waals surface area contributed by atoms with Crippen molar-refractivity contribution in [1.82, 2.24) is 0 Å². The van der Waals surface area contributed by atoms with Gasteiger partial charge in [-0.2, -0.15) is 0 Å². The van der Waals surface area contributed by atoms with Crippen molar-refractivity contribution < 1.29 is 9.21 Å². The Morgan fingerprint density at radius 1 is 1.18 bits per heavy atom. The van der Waals surface area contributed by atoms with Crippen molar-refractivity contribution in [3.8, 4) is 0 Å². The lowest BCUT2D eigenvalue weighted by Gasteiger charge is -1.99. The summed E-state index contributed by atoms with van der Waals surface area (Å²) in [5.41, 5.74) is 5.43. The molecule has 0 saturated carbocycles. The van der Waals surface area contributed by atoms with E-state index < -0.39 is 0 Å². The molecule has 0 aliphatic heterocycles. The topological polar surface area (TPSA) is 56.2 Å². The molecule has 3 heteroatoms. The Morgan fingerprint density at radius 3 is 2.53 bits per heavy atom. The average molecular weight is 237 g/mol. The number of unbranched alkanes of at least 4 members (excludes halogenated alkanes) is 5. The molecule has 3 nitrogen and oxygen atoms in total. The second-order valence-corrected chi connectivity index (χ2v) is 4.41. The van der Waals surface area contributed by atoms with E-state index in [0.29, 0.717) is 24.5 Å². The molecule has 0 aliphatic carbocycles. The minimum Gasteiger partial charge on any atom is -0.457 e. The van der Waals surface area contributed by atoms with Gasteiger partial charge in [0.15, 0.2) is 11.5 Å². The second-order valence-electron chi connectivity index (χ2n) is 4.41. The highest BCUT2D eigenvalue weighted by Crippen LogP contribution is 2.13. The lowest BCUT2D eigenvalue weighted by atomic mass is 10.1. The summed E-state index contributed by atoms with van der Waals surface area (Å²) in [5.74, 6) is 1.23. The molecular formula is C14H23NO2. The monoisotopic (exact) mass is 237 g/mol. The Hall–Kier alpha value is -1.09. The van der Waals surface area contributed by atoms with E-state index in [2.05, 4.69) is 6.92 Å². The summed E-state index contributed by atoms with van der Waals surface area (Å²) >= 11 is 0. The summed E-state index contributed by atoms with van der Waals surface area (Å²) in [4.78, 5) is 11.7. The molecule has 0 amide bonds. The molecule has 1 rings (SSSR count). The lowest BCUT2D eigenvalue weighted by molar-refractivity contribution is 0.0950. The number of ketones is 1. The van der Waals surface area contributed by atoms with Crippen molar-refractivity contribution in [2.75, 3.05) is 0 Å². The van der Waals surface area contributed by atoms with Crippen molar-refractivity contribution in [1.29, 1.82) is 0 Å². The van der Waals surface area contributed by atoms with E-state index in [0.717, 1.165) is 12.8 Å². The van der Waals surface area contributed by atoms with Gasteiger partial charge in [-0.1, -0.05) is 39.0 Å². The zero-order chi connectivity index (χ0) is 12.5. The van der Waals surface area contributed by atoms with Crippen molar-refractivity contribution >= 4 is 5.78 Å². The van der Waals surface area contributed by atoms with Gasteiger partial charge in [-0.3, -0.25) is 4.79 Å². The number of rotatable bonds is 9. The molecule has 0 unspecified atom stereocenters. The van der Waals surface area contributed by atoms with Gasteiger partial charge >= 0.3 is 0 Å². The first-order valence-electron chi connectivity index (χ1n) is 6.60. The molecular weight excluding hydrogens is 214 g/mol. The lowest BCUT2D eigenvalue weighted by Crippen LogP contribution is -1.97. The molecule has 0 fully saturated rings. The number of hydrogen-bond acceptors (Lipinski definition) is 3. The summed E-state index contributed by atoms with van der Waals surface area (Å²) in [6, 6.07) is 3.50. The molecule has 0 radical (unpaired) electrons. The van der Waals surface area contributed by atoms with Gasteiger partial charge in [0.05, 0.1) is 6.54 Å². The van der Waals surface area contributed by atoms with E-state index in [1.54, 1.807) is 12.1 Å². The first kappa shape index (κ1) is 14.0. The Labute approximate surface area is 103 Å². The molecule has 17 heavy (non-hydrogen) atoms.